The van der Waals surface area contributed by atoms with Gasteiger partial charge in [-0.25, -0.2) is 14.4 Å². The summed E-state index contributed by atoms with van der Waals surface area (Å²) in [6.07, 6.45) is 4.70. The maximum Gasteiger partial charge on any atom is 0.250 e. The minimum atomic E-state index is -0.556. The van der Waals surface area contributed by atoms with Gasteiger partial charge in [0.05, 0.1) is 17.5 Å². The highest BCUT2D eigenvalue weighted by atomic mass is 19.1. The Morgan fingerprint density at radius 1 is 1.15 bits per heavy atom. The summed E-state index contributed by atoms with van der Waals surface area (Å²) in [6.45, 7) is 2.26. The minimum Gasteiger partial charge on any atom is -0.366 e. The molecule has 8 heteroatoms. The van der Waals surface area contributed by atoms with E-state index in [9.17, 15) is 9.18 Å². The molecule has 7 nitrogen and oxygen atoms in total. The third-order valence-electron chi connectivity index (χ3n) is 4.00. The maximum absolute atomic E-state index is 13.1. The number of aromatic nitrogens is 3. The molecule has 1 atom stereocenters. The van der Waals surface area contributed by atoms with E-state index in [1.54, 1.807) is 42.9 Å². The van der Waals surface area contributed by atoms with E-state index >= 15 is 0 Å². The van der Waals surface area contributed by atoms with Gasteiger partial charge in [-0.15, -0.1) is 0 Å². The Hall–Kier alpha value is -3.39. The molecule has 0 fully saturated rings. The highest BCUT2D eigenvalue weighted by molar-refractivity contribution is 5.94. The van der Waals surface area contributed by atoms with E-state index in [0.29, 0.717) is 29.4 Å². The first-order chi connectivity index (χ1) is 13.0. The summed E-state index contributed by atoms with van der Waals surface area (Å²) in [6, 6.07) is 9.45. The summed E-state index contributed by atoms with van der Waals surface area (Å²) in [5.74, 6) is 0.216. The van der Waals surface area contributed by atoms with Crippen molar-refractivity contribution in [3.8, 4) is 0 Å². The van der Waals surface area contributed by atoms with Crippen molar-refractivity contribution in [2.75, 3.05) is 5.32 Å². The number of nitrogens with one attached hydrogen (secondary N) is 2. The third kappa shape index (κ3) is 4.83. The van der Waals surface area contributed by atoms with Crippen LogP contribution in [0.1, 0.15) is 34.6 Å². The Morgan fingerprint density at radius 2 is 1.93 bits per heavy atom. The molecule has 1 unspecified atom stereocenters. The number of nitrogens with two attached hydrogens (primary N) is 1. The van der Waals surface area contributed by atoms with Crippen LogP contribution < -0.4 is 16.4 Å². The zero-order chi connectivity index (χ0) is 19.2. The van der Waals surface area contributed by atoms with E-state index in [4.69, 9.17) is 5.73 Å². The molecule has 0 aliphatic rings. The number of nitrogens with zero attached hydrogens (tertiary/aromatic N) is 3. The Balaban J connectivity index is 1.76. The average Bonchev–Trinajstić information content (AvgIpc) is 2.67. The fourth-order valence-electron chi connectivity index (χ4n) is 2.54. The summed E-state index contributed by atoms with van der Waals surface area (Å²) in [5, 5.41) is 6.30. The number of benzene rings is 1. The second kappa shape index (κ2) is 8.33. The van der Waals surface area contributed by atoms with Crippen LogP contribution >= 0.6 is 0 Å². The quantitative estimate of drug-likeness (QED) is 0.594. The Bertz CT molecular complexity index is 917. The molecule has 0 aliphatic heterocycles. The van der Waals surface area contributed by atoms with E-state index in [1.807, 2.05) is 6.92 Å². The molecule has 3 aromatic rings. The van der Waals surface area contributed by atoms with Crippen molar-refractivity contribution in [3.05, 3.63) is 77.6 Å². The van der Waals surface area contributed by atoms with Gasteiger partial charge in [0.25, 0.3) is 5.91 Å². The van der Waals surface area contributed by atoms with E-state index in [0.717, 1.165) is 5.56 Å². The molecule has 2 aromatic heterocycles. The summed E-state index contributed by atoms with van der Waals surface area (Å²) in [5.41, 5.74) is 7.22. The van der Waals surface area contributed by atoms with Gasteiger partial charge in [-0.1, -0.05) is 12.1 Å². The summed E-state index contributed by atoms with van der Waals surface area (Å²) < 4.78 is 13.1. The topological polar surface area (TPSA) is 106 Å². The van der Waals surface area contributed by atoms with Gasteiger partial charge in [-0.3, -0.25) is 9.78 Å². The molecule has 0 radical (unpaired) electrons. The molecular formula is C19H19FN6O. The van der Waals surface area contributed by atoms with Gasteiger partial charge in [-0.2, -0.15) is 0 Å². The van der Waals surface area contributed by atoms with Crippen LogP contribution in [0.25, 0.3) is 0 Å². The standard InChI is InChI=1S/C19H19FN6O/c1-12(13-2-4-14(20)5-3-13)24-10-16-15(19(21)27)6-7-17(25-16)26-18-11-22-8-9-23-18/h2-9,11-12,24H,10H2,1H3,(H2,21,27)(H,23,25,26). The van der Waals surface area contributed by atoms with Crippen molar-refractivity contribution in [2.24, 2.45) is 5.73 Å². The van der Waals surface area contributed by atoms with Crippen LogP contribution in [-0.4, -0.2) is 20.9 Å². The SMILES string of the molecule is CC(NCc1nc(Nc2cnccn2)ccc1C(N)=O)c1ccc(F)cc1. The van der Waals surface area contributed by atoms with Crippen molar-refractivity contribution in [2.45, 2.75) is 19.5 Å². The van der Waals surface area contributed by atoms with Crippen LogP contribution in [0.4, 0.5) is 16.0 Å². The number of pyridine rings is 1. The molecule has 0 aliphatic carbocycles. The first-order valence-corrected chi connectivity index (χ1v) is 8.34. The number of hydrogen-bond acceptors (Lipinski definition) is 6. The number of carbonyl (C=O) groups excluding carboxylic acids is 1. The Labute approximate surface area is 155 Å². The first kappa shape index (κ1) is 18.4. The monoisotopic (exact) mass is 366 g/mol. The molecule has 27 heavy (non-hydrogen) atoms. The Morgan fingerprint density at radius 3 is 2.59 bits per heavy atom. The number of carbonyl (C=O) groups is 1. The zero-order valence-electron chi connectivity index (χ0n) is 14.7. The van der Waals surface area contributed by atoms with Crippen LogP contribution in [0, 0.1) is 5.82 Å². The number of rotatable bonds is 7. The van der Waals surface area contributed by atoms with Crippen LogP contribution in [0.3, 0.4) is 0 Å². The number of halogens is 1. The maximum atomic E-state index is 13.1. The van der Waals surface area contributed by atoms with Crippen molar-refractivity contribution >= 4 is 17.5 Å². The molecule has 4 N–H and O–H groups in total. The fourth-order valence-corrected chi connectivity index (χ4v) is 2.54. The smallest absolute Gasteiger partial charge is 0.250 e. The van der Waals surface area contributed by atoms with Gasteiger partial charge in [0.2, 0.25) is 0 Å². The first-order valence-electron chi connectivity index (χ1n) is 8.34. The van der Waals surface area contributed by atoms with Gasteiger partial charge in [0.1, 0.15) is 17.5 Å². The normalized spacial score (nSPS) is 11.8. The molecule has 3 rings (SSSR count). The number of primary amides is 1. The lowest BCUT2D eigenvalue weighted by Gasteiger charge is -2.16. The van der Waals surface area contributed by atoms with Crippen LogP contribution in [0.2, 0.25) is 0 Å². The lowest BCUT2D eigenvalue weighted by atomic mass is 10.1. The average molecular weight is 366 g/mol. The number of amides is 1. The molecule has 2 heterocycles. The van der Waals surface area contributed by atoms with Gasteiger partial charge >= 0.3 is 0 Å². The fraction of sp³-hybridized carbons (Fsp3) is 0.158. The summed E-state index contributed by atoms with van der Waals surface area (Å²) in [4.78, 5) is 24.3. The van der Waals surface area contributed by atoms with Crippen molar-refractivity contribution in [1.82, 2.24) is 20.3 Å². The molecular weight excluding hydrogens is 347 g/mol. The van der Waals surface area contributed by atoms with E-state index in [-0.39, 0.29) is 11.9 Å². The molecule has 0 spiro atoms. The van der Waals surface area contributed by atoms with Gasteiger partial charge in [0.15, 0.2) is 0 Å². The number of hydrogen-bond donors (Lipinski definition) is 3. The number of anilines is 2. The van der Waals surface area contributed by atoms with E-state index in [2.05, 4.69) is 25.6 Å². The Kier molecular flexibility index (Phi) is 5.68. The van der Waals surface area contributed by atoms with E-state index in [1.165, 1.54) is 12.1 Å². The van der Waals surface area contributed by atoms with Crippen LogP contribution in [-0.2, 0) is 6.54 Å². The third-order valence-corrected chi connectivity index (χ3v) is 4.00. The highest BCUT2D eigenvalue weighted by Gasteiger charge is 2.13. The van der Waals surface area contributed by atoms with Gasteiger partial charge in [-0.05, 0) is 36.8 Å². The highest BCUT2D eigenvalue weighted by Crippen LogP contribution is 2.17. The largest absolute Gasteiger partial charge is 0.366 e. The predicted molar refractivity (Wildman–Crippen MR) is 99.7 cm³/mol. The van der Waals surface area contributed by atoms with Crippen molar-refractivity contribution < 1.29 is 9.18 Å². The molecule has 0 saturated heterocycles. The molecule has 0 saturated carbocycles. The van der Waals surface area contributed by atoms with Gasteiger partial charge in [0, 0.05) is 25.0 Å². The van der Waals surface area contributed by atoms with Crippen molar-refractivity contribution in [1.29, 1.82) is 0 Å². The molecule has 0 bridgehead atoms. The van der Waals surface area contributed by atoms with E-state index < -0.39 is 5.91 Å². The van der Waals surface area contributed by atoms with Crippen LogP contribution in [0.15, 0.2) is 55.0 Å². The molecule has 1 amide bonds. The lowest BCUT2D eigenvalue weighted by molar-refractivity contribution is 0.0999. The second-order valence-electron chi connectivity index (χ2n) is 5.92. The van der Waals surface area contributed by atoms with Crippen molar-refractivity contribution in [3.63, 3.8) is 0 Å². The second-order valence-corrected chi connectivity index (χ2v) is 5.92. The van der Waals surface area contributed by atoms with Gasteiger partial charge < -0.3 is 16.4 Å². The molecule has 138 valence electrons. The summed E-state index contributed by atoms with van der Waals surface area (Å²) >= 11 is 0. The predicted octanol–water partition coefficient (Wildman–Crippen LogP) is 2.70. The lowest BCUT2D eigenvalue weighted by Crippen LogP contribution is -2.23. The minimum absolute atomic E-state index is 0.0651. The molecule has 1 aromatic carbocycles. The zero-order valence-corrected chi connectivity index (χ0v) is 14.7. The van der Waals surface area contributed by atoms with Crippen LogP contribution in [0.5, 0.6) is 0 Å². The summed E-state index contributed by atoms with van der Waals surface area (Å²) in [7, 11) is 0.